The molecule has 0 saturated carbocycles. The highest BCUT2D eigenvalue weighted by molar-refractivity contribution is 7.92. The van der Waals surface area contributed by atoms with Gasteiger partial charge in [-0.05, 0) is 67.1 Å². The molecule has 0 fully saturated rings. The van der Waals surface area contributed by atoms with Gasteiger partial charge >= 0.3 is 0 Å². The summed E-state index contributed by atoms with van der Waals surface area (Å²) in [6, 6.07) is 13.4. The van der Waals surface area contributed by atoms with E-state index in [0.717, 1.165) is 34.4 Å². The number of rotatable bonds is 9. The summed E-state index contributed by atoms with van der Waals surface area (Å²) in [4.78, 5) is 23.4. The van der Waals surface area contributed by atoms with Gasteiger partial charge in [0.1, 0.15) is 28.3 Å². The number of nitrogens with zero attached hydrogens (tertiary/aromatic N) is 3. The third-order valence-corrected chi connectivity index (χ3v) is 10.0. The Labute approximate surface area is 236 Å². The fourth-order valence-corrected chi connectivity index (χ4v) is 5.65. The third kappa shape index (κ3) is 5.66. The van der Waals surface area contributed by atoms with Gasteiger partial charge in [-0.15, -0.1) is 11.3 Å². The van der Waals surface area contributed by atoms with Crippen LogP contribution in [0.1, 0.15) is 19.5 Å². The number of benzene rings is 2. The fraction of sp³-hybridized carbons (Fsp3) is 0.296. The van der Waals surface area contributed by atoms with Crippen molar-refractivity contribution < 1.29 is 17.9 Å². The minimum atomic E-state index is -3.55. The Bertz CT molecular complexity index is 1660. The number of fused-ring (bicyclic) bond motifs is 2. The Kier molecular flexibility index (Phi) is 7.41. The standard InChI is InChI=1S/C27H28ClN5O4S2/c1-27(2,39(3,35)36)26(34)29-10-12-33-11-8-21-24(33)25(31-16-30-21)32-18-5-7-22(20(28)14-18)37-19-6-4-17-9-13-38-23(17)15-19/h4-7,9,13-16H,8,10-12H2,1-3H3,(H,29,34)(H,30,31,32). The summed E-state index contributed by atoms with van der Waals surface area (Å²) in [7, 11) is -3.55. The molecule has 3 heterocycles. The van der Waals surface area contributed by atoms with Gasteiger partial charge in [0.05, 0.1) is 10.7 Å². The Balaban J connectivity index is 1.27. The first-order chi connectivity index (χ1) is 18.5. The van der Waals surface area contributed by atoms with E-state index in [4.69, 9.17) is 16.3 Å². The van der Waals surface area contributed by atoms with Crippen LogP contribution in [0, 0.1) is 0 Å². The zero-order valence-electron chi connectivity index (χ0n) is 21.7. The molecule has 2 aromatic heterocycles. The van der Waals surface area contributed by atoms with Crippen LogP contribution in [0.2, 0.25) is 5.02 Å². The summed E-state index contributed by atoms with van der Waals surface area (Å²) in [5, 5.41) is 9.74. The summed E-state index contributed by atoms with van der Waals surface area (Å²) in [5.74, 6) is 1.34. The SMILES string of the molecule is CC(C)(C(=O)NCCN1CCc2ncnc(Nc3ccc(Oc4ccc5ccsc5c4)c(Cl)c3)c21)S(C)(=O)=O. The molecule has 0 spiro atoms. The van der Waals surface area contributed by atoms with E-state index >= 15 is 0 Å². The number of carbonyl (C=O) groups excluding carboxylic acids is 1. The average Bonchev–Trinajstić information content (AvgIpc) is 3.52. The average molecular weight is 586 g/mol. The van der Waals surface area contributed by atoms with Crippen LogP contribution in [0.5, 0.6) is 11.5 Å². The third-order valence-electron chi connectivity index (χ3n) is 6.82. The Hall–Kier alpha value is -3.41. The van der Waals surface area contributed by atoms with E-state index in [1.807, 2.05) is 35.7 Å². The molecule has 1 aliphatic rings. The van der Waals surface area contributed by atoms with Crippen molar-refractivity contribution in [3.63, 3.8) is 0 Å². The first-order valence-electron chi connectivity index (χ1n) is 12.3. The number of anilines is 3. The van der Waals surface area contributed by atoms with Gasteiger partial charge in [-0.2, -0.15) is 0 Å². The summed E-state index contributed by atoms with van der Waals surface area (Å²) >= 11 is 8.22. The molecular formula is C27H28ClN5O4S2. The van der Waals surface area contributed by atoms with Gasteiger partial charge in [0, 0.05) is 42.7 Å². The molecule has 12 heteroatoms. The molecule has 0 atom stereocenters. The quantitative estimate of drug-likeness (QED) is 0.276. The van der Waals surface area contributed by atoms with Crippen LogP contribution >= 0.6 is 22.9 Å². The van der Waals surface area contributed by atoms with Crippen LogP contribution in [-0.4, -0.2) is 54.9 Å². The number of nitrogens with one attached hydrogen (secondary N) is 2. The number of halogens is 1. The van der Waals surface area contributed by atoms with Gasteiger partial charge in [0.2, 0.25) is 5.91 Å². The van der Waals surface area contributed by atoms with E-state index in [9.17, 15) is 13.2 Å². The number of aromatic nitrogens is 2. The molecule has 204 valence electrons. The number of thiophene rings is 1. The largest absolute Gasteiger partial charge is 0.456 e. The summed E-state index contributed by atoms with van der Waals surface area (Å²) in [5.41, 5.74) is 2.47. The second-order valence-corrected chi connectivity index (χ2v) is 13.7. The summed E-state index contributed by atoms with van der Waals surface area (Å²) < 4.78 is 29.6. The number of sulfone groups is 1. The molecule has 5 rings (SSSR count). The molecule has 0 aliphatic carbocycles. The summed E-state index contributed by atoms with van der Waals surface area (Å²) in [6.07, 6.45) is 3.31. The van der Waals surface area contributed by atoms with Crippen molar-refractivity contribution in [2.24, 2.45) is 0 Å². The van der Waals surface area contributed by atoms with Crippen LogP contribution in [-0.2, 0) is 21.1 Å². The van der Waals surface area contributed by atoms with Gasteiger partial charge in [0.25, 0.3) is 0 Å². The molecule has 1 aliphatic heterocycles. The van der Waals surface area contributed by atoms with Gasteiger partial charge in [-0.3, -0.25) is 4.79 Å². The Morgan fingerprint density at radius 2 is 2.00 bits per heavy atom. The number of ether oxygens (including phenoxy) is 1. The minimum Gasteiger partial charge on any atom is -0.456 e. The molecule has 1 amide bonds. The lowest BCUT2D eigenvalue weighted by Gasteiger charge is -2.24. The van der Waals surface area contributed by atoms with Gasteiger partial charge in [0.15, 0.2) is 15.7 Å². The van der Waals surface area contributed by atoms with Gasteiger partial charge < -0.3 is 20.3 Å². The lowest BCUT2D eigenvalue weighted by atomic mass is 10.2. The highest BCUT2D eigenvalue weighted by Crippen LogP contribution is 2.37. The van der Waals surface area contributed by atoms with Crippen LogP contribution < -0.4 is 20.3 Å². The molecule has 0 unspecified atom stereocenters. The number of carbonyl (C=O) groups is 1. The van der Waals surface area contributed by atoms with Gasteiger partial charge in [-0.25, -0.2) is 18.4 Å². The van der Waals surface area contributed by atoms with E-state index in [1.165, 1.54) is 25.6 Å². The van der Waals surface area contributed by atoms with E-state index in [2.05, 4.69) is 31.6 Å². The molecule has 39 heavy (non-hydrogen) atoms. The Morgan fingerprint density at radius 3 is 2.77 bits per heavy atom. The zero-order valence-corrected chi connectivity index (χ0v) is 24.1. The molecule has 0 bridgehead atoms. The first kappa shape index (κ1) is 27.2. The van der Waals surface area contributed by atoms with E-state index < -0.39 is 20.5 Å². The second kappa shape index (κ2) is 10.6. The maximum absolute atomic E-state index is 12.5. The maximum Gasteiger partial charge on any atom is 0.240 e. The molecule has 0 saturated heterocycles. The van der Waals surface area contributed by atoms with Crippen LogP contribution in [0.3, 0.4) is 0 Å². The molecule has 4 aromatic rings. The van der Waals surface area contributed by atoms with Crippen molar-refractivity contribution in [3.8, 4) is 11.5 Å². The Morgan fingerprint density at radius 1 is 1.18 bits per heavy atom. The lowest BCUT2D eigenvalue weighted by Crippen LogP contribution is -2.49. The minimum absolute atomic E-state index is 0.278. The predicted molar refractivity (Wildman–Crippen MR) is 157 cm³/mol. The fourth-order valence-electron chi connectivity index (χ4n) is 4.21. The van der Waals surface area contributed by atoms with E-state index in [-0.39, 0.29) is 6.54 Å². The van der Waals surface area contributed by atoms with E-state index in [1.54, 1.807) is 17.4 Å². The second-order valence-electron chi connectivity index (χ2n) is 9.79. The molecule has 2 aromatic carbocycles. The van der Waals surface area contributed by atoms with Crippen molar-refractivity contribution in [2.75, 3.05) is 36.1 Å². The smallest absolute Gasteiger partial charge is 0.240 e. The lowest BCUT2D eigenvalue weighted by molar-refractivity contribution is -0.122. The monoisotopic (exact) mass is 585 g/mol. The normalized spacial score (nSPS) is 13.4. The summed E-state index contributed by atoms with van der Waals surface area (Å²) in [6.45, 7) is 4.27. The highest BCUT2D eigenvalue weighted by atomic mass is 35.5. The van der Waals surface area contributed by atoms with Crippen molar-refractivity contribution in [2.45, 2.75) is 25.0 Å². The van der Waals surface area contributed by atoms with Crippen molar-refractivity contribution >= 4 is 66.0 Å². The zero-order chi connectivity index (χ0) is 27.8. The maximum atomic E-state index is 12.5. The molecular weight excluding hydrogens is 558 g/mol. The predicted octanol–water partition coefficient (Wildman–Crippen LogP) is 5.18. The van der Waals surface area contributed by atoms with Crippen molar-refractivity contribution in [3.05, 3.63) is 64.9 Å². The number of hydrogen-bond acceptors (Lipinski definition) is 9. The van der Waals surface area contributed by atoms with E-state index in [0.29, 0.717) is 35.4 Å². The highest BCUT2D eigenvalue weighted by Gasteiger charge is 2.38. The van der Waals surface area contributed by atoms with Crippen LogP contribution in [0.25, 0.3) is 10.1 Å². The molecule has 0 radical (unpaired) electrons. The first-order valence-corrected chi connectivity index (χ1v) is 15.5. The van der Waals surface area contributed by atoms with Gasteiger partial charge in [-0.1, -0.05) is 11.6 Å². The number of amides is 1. The van der Waals surface area contributed by atoms with Crippen LogP contribution in [0.15, 0.2) is 54.2 Å². The van der Waals surface area contributed by atoms with Crippen LogP contribution in [0.4, 0.5) is 17.2 Å². The topological polar surface area (TPSA) is 114 Å². The van der Waals surface area contributed by atoms with Crippen molar-refractivity contribution in [1.82, 2.24) is 15.3 Å². The molecule has 9 nitrogen and oxygen atoms in total. The van der Waals surface area contributed by atoms with Crippen molar-refractivity contribution in [1.29, 1.82) is 0 Å². The molecule has 2 N–H and O–H groups in total. The number of hydrogen-bond donors (Lipinski definition) is 2.